The summed E-state index contributed by atoms with van der Waals surface area (Å²) in [6.45, 7) is 4.69. The van der Waals surface area contributed by atoms with Crippen LogP contribution < -0.4 is 16.0 Å². The largest absolute Gasteiger partial charge is 0.361 e. The van der Waals surface area contributed by atoms with Gasteiger partial charge in [-0.05, 0) is 166 Å². The van der Waals surface area contributed by atoms with Crippen LogP contribution >= 0.6 is 0 Å². The van der Waals surface area contributed by atoms with E-state index in [-0.39, 0.29) is 60.5 Å². The molecule has 15 atom stereocenters. The quantitative estimate of drug-likeness (QED) is 0.240. The summed E-state index contributed by atoms with van der Waals surface area (Å²) in [6, 6.07) is 15.3. The number of hydrogen-bond donors (Lipinski definition) is 3. The number of fused-ring (bicyclic) bond motifs is 9. The van der Waals surface area contributed by atoms with Gasteiger partial charge in [-0.1, -0.05) is 128 Å². The van der Waals surface area contributed by atoms with Gasteiger partial charge in [0, 0.05) is 70.6 Å². The Kier molecular flexibility index (Phi) is 12.0. The van der Waals surface area contributed by atoms with E-state index in [1.807, 2.05) is 0 Å². The highest BCUT2D eigenvalue weighted by Gasteiger charge is 2.58. The lowest BCUT2D eigenvalue weighted by Crippen LogP contribution is -2.73. The molecule has 15 unspecified atom stereocenters. The predicted octanol–water partition coefficient (Wildman–Crippen LogP) is 12.6. The van der Waals surface area contributed by atoms with Crippen LogP contribution in [0.15, 0.2) is 161 Å². The Morgan fingerprint density at radius 3 is 2.48 bits per heavy atom. The van der Waals surface area contributed by atoms with Crippen molar-refractivity contribution in [2.45, 2.75) is 158 Å². The molecule has 0 spiro atoms. The Balaban J connectivity index is 0.870. The maximum Gasteiger partial charge on any atom is 0.0818 e. The molecule has 7 nitrogen and oxygen atoms in total. The molecule has 12 aliphatic rings. The summed E-state index contributed by atoms with van der Waals surface area (Å²) in [4.78, 5) is 5.88. The van der Waals surface area contributed by atoms with Crippen LogP contribution in [0.1, 0.15) is 126 Å². The number of benzene rings is 1. The number of hydrogen-bond acceptors (Lipinski definition) is 6. The van der Waals surface area contributed by atoms with Crippen LogP contribution in [-0.4, -0.2) is 63.1 Å². The summed E-state index contributed by atoms with van der Waals surface area (Å²) in [6.07, 6.45) is 60.0. The van der Waals surface area contributed by atoms with Crippen molar-refractivity contribution in [3.63, 3.8) is 0 Å². The molecule has 4 heterocycles. The molecule has 0 amide bonds. The maximum absolute atomic E-state index is 11.9. The number of para-hydroxylation sites is 1. The van der Waals surface area contributed by atoms with Gasteiger partial charge in [-0.15, -0.1) is 0 Å². The number of nitriles is 1. The minimum atomic E-state index is -0.121. The van der Waals surface area contributed by atoms with E-state index in [1.165, 1.54) is 69.9 Å². The molecule has 14 rings (SSSR count). The SMILES string of the molecule is CC1=CC2C3=C(C=CC(C)C3)N(C3CC(N4C5C=CCCC5C5c6c7c(n(-c8ccccc8)c6C=CC54)CCC=C7)C(C#N)CC3C3NC(C4=CCCCC4)NC(C4C=CC=C(C5=CCCC=C5)C4)N3)C2C=C1. The third-order valence-electron chi connectivity index (χ3n) is 19.8. The molecule has 1 saturated carbocycles. The monoisotopic (exact) mass is 966 g/mol. The lowest BCUT2D eigenvalue weighted by Gasteiger charge is -2.55. The van der Waals surface area contributed by atoms with E-state index in [1.54, 1.807) is 11.1 Å². The van der Waals surface area contributed by atoms with Crippen LogP contribution in [0.2, 0.25) is 0 Å². The van der Waals surface area contributed by atoms with Crippen molar-refractivity contribution in [1.82, 2.24) is 30.3 Å². The first-order valence-corrected chi connectivity index (χ1v) is 28.8. The van der Waals surface area contributed by atoms with E-state index >= 15 is 0 Å². The van der Waals surface area contributed by atoms with E-state index in [0.29, 0.717) is 29.6 Å². The molecule has 7 heteroatoms. The molecule has 3 aliphatic heterocycles. The zero-order valence-electron chi connectivity index (χ0n) is 43.1. The second-order valence-electron chi connectivity index (χ2n) is 23.9. The lowest BCUT2D eigenvalue weighted by atomic mass is 9.71. The fourth-order valence-electron chi connectivity index (χ4n) is 16.6. The van der Waals surface area contributed by atoms with Crippen LogP contribution in [0.3, 0.4) is 0 Å². The standard InChI is InChI=1S/C66H75N7/c1-41-29-31-56-51(35-41)52-36-42(2)30-32-57(52)72(56)61-39-60(73-55-28-15-13-26-50(55)63-59(73)34-33-58-62(63)49-25-12-14-27-54(49)71(58)48-23-10-5-11-24-48)47(40-67)38-53(61)66-69-64(44-19-8-4-9-20-44)68-65(70-66)46-22-16-21-45(37-46)43-17-6-3-7-18-43/h5-6,10-12,15-19,21-25,28-35,42,46-47,50-51,53,55-56,59-61,63-66,68-70H,3-4,7-9,13-14,20,26-27,36-39H2,1-2H3. The predicted molar refractivity (Wildman–Crippen MR) is 297 cm³/mol. The van der Waals surface area contributed by atoms with E-state index in [9.17, 15) is 5.26 Å². The Labute approximate surface area is 435 Å². The Bertz CT molecular complexity index is 2950. The number of nitrogens with one attached hydrogen (secondary N) is 3. The lowest BCUT2D eigenvalue weighted by molar-refractivity contribution is -0.00695. The summed E-state index contributed by atoms with van der Waals surface area (Å²) in [5.41, 5.74) is 16.0. The number of rotatable bonds is 7. The van der Waals surface area contributed by atoms with E-state index < -0.39 is 0 Å². The zero-order chi connectivity index (χ0) is 48.7. The molecule has 9 aliphatic carbocycles. The van der Waals surface area contributed by atoms with Crippen LogP contribution in [-0.2, 0) is 6.42 Å². The van der Waals surface area contributed by atoms with Crippen molar-refractivity contribution in [2.24, 2.45) is 35.5 Å². The second-order valence-corrected chi connectivity index (χ2v) is 23.9. The molecule has 374 valence electrons. The van der Waals surface area contributed by atoms with Gasteiger partial charge in [-0.3, -0.25) is 20.9 Å². The zero-order valence-corrected chi connectivity index (χ0v) is 43.1. The Hall–Kier alpha value is -5.49. The van der Waals surface area contributed by atoms with Crippen LogP contribution in [0.5, 0.6) is 0 Å². The van der Waals surface area contributed by atoms with Gasteiger partial charge < -0.3 is 9.47 Å². The third kappa shape index (κ3) is 7.87. The number of allylic oxidation sites excluding steroid dienone is 14. The van der Waals surface area contributed by atoms with E-state index in [0.717, 1.165) is 70.6 Å². The van der Waals surface area contributed by atoms with Gasteiger partial charge in [-0.2, -0.15) is 5.26 Å². The normalized spacial score (nSPS) is 38.1. The van der Waals surface area contributed by atoms with Gasteiger partial charge in [0.05, 0.1) is 36.5 Å². The second kappa shape index (κ2) is 19.0. The van der Waals surface area contributed by atoms with Gasteiger partial charge in [0.2, 0.25) is 0 Å². The first-order chi connectivity index (χ1) is 36.0. The minimum Gasteiger partial charge on any atom is -0.361 e. The van der Waals surface area contributed by atoms with Gasteiger partial charge in [0.15, 0.2) is 0 Å². The fourth-order valence-corrected chi connectivity index (χ4v) is 16.6. The first-order valence-electron chi connectivity index (χ1n) is 28.8. The number of nitrogens with zero attached hydrogens (tertiary/aromatic N) is 4. The average molecular weight is 966 g/mol. The third-order valence-corrected chi connectivity index (χ3v) is 19.8. The number of likely N-dealkylation sites (tertiary alicyclic amines) is 1. The molecular formula is C66H75N7. The van der Waals surface area contributed by atoms with Crippen molar-refractivity contribution in [3.05, 3.63) is 184 Å². The smallest absolute Gasteiger partial charge is 0.0818 e. The van der Waals surface area contributed by atoms with Crippen molar-refractivity contribution in [1.29, 1.82) is 5.26 Å². The van der Waals surface area contributed by atoms with Crippen molar-refractivity contribution in [2.75, 3.05) is 0 Å². The van der Waals surface area contributed by atoms with Gasteiger partial charge in [0.25, 0.3) is 0 Å². The fraction of sp³-hybridized carbons (Fsp3) is 0.470. The Morgan fingerprint density at radius 2 is 1.62 bits per heavy atom. The molecule has 0 bridgehead atoms. The maximum atomic E-state index is 11.9. The summed E-state index contributed by atoms with van der Waals surface area (Å²) in [5.74, 6) is 2.12. The molecular weight excluding hydrogens is 891 g/mol. The van der Waals surface area contributed by atoms with E-state index in [2.05, 4.69) is 190 Å². The highest BCUT2D eigenvalue weighted by Crippen LogP contribution is 2.57. The first kappa shape index (κ1) is 46.1. The average Bonchev–Trinajstić information content (AvgIpc) is 4.09. The molecule has 3 fully saturated rings. The van der Waals surface area contributed by atoms with Crippen LogP contribution in [0, 0.1) is 46.8 Å². The molecule has 3 N–H and O–H groups in total. The highest BCUT2D eigenvalue weighted by atomic mass is 15.4. The summed E-state index contributed by atoms with van der Waals surface area (Å²) < 4.78 is 2.60. The molecule has 0 radical (unpaired) electrons. The molecule has 1 aromatic carbocycles. The summed E-state index contributed by atoms with van der Waals surface area (Å²) in [5, 5.41) is 24.7. The molecule has 73 heavy (non-hydrogen) atoms. The Morgan fingerprint density at radius 1 is 0.726 bits per heavy atom. The summed E-state index contributed by atoms with van der Waals surface area (Å²) >= 11 is 0. The molecule has 2 aromatic rings. The van der Waals surface area contributed by atoms with E-state index in [4.69, 9.17) is 0 Å². The summed E-state index contributed by atoms with van der Waals surface area (Å²) in [7, 11) is 0. The van der Waals surface area contributed by atoms with Crippen LogP contribution in [0.25, 0.3) is 17.8 Å². The van der Waals surface area contributed by atoms with Gasteiger partial charge >= 0.3 is 0 Å². The van der Waals surface area contributed by atoms with Gasteiger partial charge in [-0.25, -0.2) is 0 Å². The van der Waals surface area contributed by atoms with Gasteiger partial charge in [0.1, 0.15) is 0 Å². The number of aromatic nitrogens is 1. The topological polar surface area (TPSA) is 71.3 Å². The highest BCUT2D eigenvalue weighted by molar-refractivity contribution is 5.73. The van der Waals surface area contributed by atoms with Crippen molar-refractivity contribution >= 4 is 12.2 Å². The van der Waals surface area contributed by atoms with Crippen molar-refractivity contribution in [3.8, 4) is 11.8 Å². The molecule has 2 saturated heterocycles. The van der Waals surface area contributed by atoms with Crippen molar-refractivity contribution < 1.29 is 0 Å². The van der Waals surface area contributed by atoms with Crippen LogP contribution in [0.4, 0.5) is 0 Å². The molecule has 1 aromatic heterocycles. The minimum absolute atomic E-state index is 0.0127.